The van der Waals surface area contributed by atoms with E-state index in [1.807, 2.05) is 13.0 Å². The Hall–Kier alpha value is -0.980. The molecular formula is C13H13BrClN3OS. The molecule has 0 atom stereocenters. The highest BCUT2D eigenvalue weighted by molar-refractivity contribution is 9.10. The fourth-order valence-corrected chi connectivity index (χ4v) is 3.03. The molecule has 0 fully saturated rings. The van der Waals surface area contributed by atoms with Crippen molar-refractivity contribution in [2.45, 2.75) is 12.1 Å². The number of rotatable bonds is 5. The zero-order chi connectivity index (χ0) is 14.5. The number of anilines is 1. The van der Waals surface area contributed by atoms with Crippen molar-refractivity contribution in [3.63, 3.8) is 0 Å². The van der Waals surface area contributed by atoms with Crippen LogP contribution in [-0.4, -0.2) is 22.3 Å². The number of nitrogens with two attached hydrogens (primary N) is 1. The molecule has 106 valence electrons. The van der Waals surface area contributed by atoms with Gasteiger partial charge in [0.15, 0.2) is 5.16 Å². The molecule has 7 heteroatoms. The first-order valence-electron chi connectivity index (χ1n) is 5.86. The van der Waals surface area contributed by atoms with E-state index in [0.29, 0.717) is 22.6 Å². The predicted molar refractivity (Wildman–Crippen MR) is 86.6 cm³/mol. The molecule has 1 aromatic heterocycles. The van der Waals surface area contributed by atoms with E-state index < -0.39 is 0 Å². The lowest BCUT2D eigenvalue weighted by molar-refractivity contribution is 0.341. The summed E-state index contributed by atoms with van der Waals surface area (Å²) in [5, 5.41) is 1.34. The van der Waals surface area contributed by atoms with Gasteiger partial charge in [-0.05, 0) is 41.1 Å². The molecule has 1 heterocycles. The Labute approximate surface area is 135 Å². The van der Waals surface area contributed by atoms with Crippen LogP contribution in [0.4, 0.5) is 5.82 Å². The fraction of sp³-hybridized carbons (Fsp3) is 0.231. The molecule has 0 saturated heterocycles. The average molecular weight is 375 g/mol. The summed E-state index contributed by atoms with van der Waals surface area (Å²) < 4.78 is 6.50. The molecule has 2 rings (SSSR count). The summed E-state index contributed by atoms with van der Waals surface area (Å²) >= 11 is 10.8. The van der Waals surface area contributed by atoms with Crippen LogP contribution in [0.2, 0.25) is 5.02 Å². The maximum Gasteiger partial charge on any atom is 0.189 e. The van der Waals surface area contributed by atoms with E-state index in [-0.39, 0.29) is 0 Å². The fourth-order valence-electron chi connectivity index (χ4n) is 1.51. The number of hydrogen-bond acceptors (Lipinski definition) is 5. The first-order valence-corrected chi connectivity index (χ1v) is 8.02. The van der Waals surface area contributed by atoms with Crippen LogP contribution in [0, 0.1) is 6.92 Å². The van der Waals surface area contributed by atoms with E-state index >= 15 is 0 Å². The van der Waals surface area contributed by atoms with E-state index in [1.165, 1.54) is 11.8 Å². The molecule has 2 aromatic rings. The molecule has 0 aliphatic rings. The number of aryl methyl sites for hydroxylation is 1. The van der Waals surface area contributed by atoms with Gasteiger partial charge in [-0.3, -0.25) is 0 Å². The summed E-state index contributed by atoms with van der Waals surface area (Å²) in [6, 6.07) is 7.16. The smallest absolute Gasteiger partial charge is 0.189 e. The SMILES string of the molecule is Cc1cc(N)nc(SCCOc2ccc(Cl)cc2Br)n1. The minimum Gasteiger partial charge on any atom is -0.492 e. The first-order chi connectivity index (χ1) is 9.54. The van der Waals surface area contributed by atoms with Crippen molar-refractivity contribution in [1.29, 1.82) is 0 Å². The van der Waals surface area contributed by atoms with Crippen molar-refractivity contribution >= 4 is 45.1 Å². The molecule has 0 radical (unpaired) electrons. The number of ether oxygens (including phenoxy) is 1. The Kier molecular flexibility index (Phi) is 5.51. The normalized spacial score (nSPS) is 10.6. The summed E-state index contributed by atoms with van der Waals surface area (Å²) in [5.74, 6) is 1.99. The van der Waals surface area contributed by atoms with Crippen molar-refractivity contribution < 1.29 is 4.74 Å². The van der Waals surface area contributed by atoms with E-state index in [1.54, 1.807) is 18.2 Å². The van der Waals surface area contributed by atoms with E-state index in [0.717, 1.165) is 21.7 Å². The molecule has 0 amide bonds. The molecular weight excluding hydrogens is 362 g/mol. The number of nitrogens with zero attached hydrogens (tertiary/aromatic N) is 2. The van der Waals surface area contributed by atoms with Crippen LogP contribution in [-0.2, 0) is 0 Å². The van der Waals surface area contributed by atoms with E-state index in [4.69, 9.17) is 22.1 Å². The van der Waals surface area contributed by atoms with Crippen LogP contribution < -0.4 is 10.5 Å². The molecule has 0 unspecified atom stereocenters. The Morgan fingerprint density at radius 1 is 1.35 bits per heavy atom. The van der Waals surface area contributed by atoms with Gasteiger partial charge in [0, 0.05) is 22.5 Å². The van der Waals surface area contributed by atoms with Gasteiger partial charge in [-0.15, -0.1) is 0 Å². The van der Waals surface area contributed by atoms with Crippen molar-refractivity contribution in [2.75, 3.05) is 18.1 Å². The Morgan fingerprint density at radius 2 is 2.15 bits per heavy atom. The van der Waals surface area contributed by atoms with Crippen LogP contribution in [0.15, 0.2) is 33.9 Å². The van der Waals surface area contributed by atoms with Gasteiger partial charge in [0.25, 0.3) is 0 Å². The average Bonchev–Trinajstić information content (AvgIpc) is 2.35. The van der Waals surface area contributed by atoms with Crippen LogP contribution >= 0.6 is 39.3 Å². The van der Waals surface area contributed by atoms with Gasteiger partial charge >= 0.3 is 0 Å². The Bertz CT molecular complexity index is 592. The summed E-state index contributed by atoms with van der Waals surface area (Å²) in [4.78, 5) is 8.45. The highest BCUT2D eigenvalue weighted by atomic mass is 79.9. The molecule has 4 nitrogen and oxygen atoms in total. The lowest BCUT2D eigenvalue weighted by atomic mass is 10.3. The van der Waals surface area contributed by atoms with Crippen molar-refractivity contribution in [2.24, 2.45) is 0 Å². The zero-order valence-corrected chi connectivity index (χ0v) is 13.9. The largest absolute Gasteiger partial charge is 0.492 e. The third-order valence-corrected chi connectivity index (χ3v) is 3.99. The number of thioether (sulfide) groups is 1. The number of aromatic nitrogens is 2. The van der Waals surface area contributed by atoms with Gasteiger partial charge in [-0.25, -0.2) is 9.97 Å². The van der Waals surface area contributed by atoms with Gasteiger partial charge in [0.1, 0.15) is 11.6 Å². The second-order valence-corrected chi connectivity index (χ2v) is 6.34. The summed E-state index contributed by atoms with van der Waals surface area (Å²) in [6.45, 7) is 2.44. The molecule has 2 N–H and O–H groups in total. The quantitative estimate of drug-likeness (QED) is 0.488. The molecule has 0 aliphatic carbocycles. The zero-order valence-electron chi connectivity index (χ0n) is 10.8. The van der Waals surface area contributed by atoms with Crippen molar-refractivity contribution in [1.82, 2.24) is 9.97 Å². The molecule has 1 aromatic carbocycles. The molecule has 0 bridgehead atoms. The standard InChI is InChI=1S/C13H13BrClN3OS/c1-8-6-12(16)18-13(17-8)20-5-4-19-11-3-2-9(15)7-10(11)14/h2-3,6-7H,4-5H2,1H3,(H2,16,17,18). The van der Waals surface area contributed by atoms with Gasteiger partial charge in [-0.2, -0.15) is 0 Å². The predicted octanol–water partition coefficient (Wildman–Crippen LogP) is 3.95. The topological polar surface area (TPSA) is 61.0 Å². The Morgan fingerprint density at radius 3 is 2.85 bits per heavy atom. The van der Waals surface area contributed by atoms with E-state index in [2.05, 4.69) is 25.9 Å². The second kappa shape index (κ2) is 7.15. The van der Waals surface area contributed by atoms with Gasteiger partial charge < -0.3 is 10.5 Å². The number of halogens is 2. The number of nitrogen functional groups attached to an aromatic ring is 1. The lowest BCUT2D eigenvalue weighted by Crippen LogP contribution is -2.02. The van der Waals surface area contributed by atoms with E-state index in [9.17, 15) is 0 Å². The summed E-state index contributed by atoms with van der Waals surface area (Å²) in [6.07, 6.45) is 0. The summed E-state index contributed by atoms with van der Waals surface area (Å²) in [5.41, 5.74) is 6.54. The molecule has 0 aliphatic heterocycles. The molecule has 0 spiro atoms. The second-order valence-electron chi connectivity index (χ2n) is 3.99. The number of benzene rings is 1. The first kappa shape index (κ1) is 15.4. The van der Waals surface area contributed by atoms with Gasteiger partial charge in [-0.1, -0.05) is 23.4 Å². The monoisotopic (exact) mass is 373 g/mol. The van der Waals surface area contributed by atoms with Crippen molar-refractivity contribution in [3.05, 3.63) is 39.5 Å². The van der Waals surface area contributed by atoms with Crippen LogP contribution in [0.25, 0.3) is 0 Å². The maximum absolute atomic E-state index is 5.87. The van der Waals surface area contributed by atoms with Gasteiger partial charge in [0.2, 0.25) is 0 Å². The minimum absolute atomic E-state index is 0.487. The van der Waals surface area contributed by atoms with Crippen molar-refractivity contribution in [3.8, 4) is 5.75 Å². The maximum atomic E-state index is 5.87. The molecule has 20 heavy (non-hydrogen) atoms. The van der Waals surface area contributed by atoms with Crippen LogP contribution in [0.3, 0.4) is 0 Å². The summed E-state index contributed by atoms with van der Waals surface area (Å²) in [7, 11) is 0. The van der Waals surface area contributed by atoms with Crippen LogP contribution in [0.1, 0.15) is 5.69 Å². The highest BCUT2D eigenvalue weighted by Crippen LogP contribution is 2.28. The third kappa shape index (κ3) is 4.54. The lowest BCUT2D eigenvalue weighted by Gasteiger charge is -2.08. The van der Waals surface area contributed by atoms with Gasteiger partial charge in [0.05, 0.1) is 11.1 Å². The van der Waals surface area contributed by atoms with Crippen LogP contribution in [0.5, 0.6) is 5.75 Å². The molecule has 0 saturated carbocycles. The third-order valence-electron chi connectivity index (χ3n) is 2.32. The number of hydrogen-bond donors (Lipinski definition) is 1. The Balaban J connectivity index is 1.84. The highest BCUT2D eigenvalue weighted by Gasteiger charge is 2.04. The minimum atomic E-state index is 0.487.